The molecule has 140 valence electrons. The summed E-state index contributed by atoms with van der Waals surface area (Å²) in [7, 11) is -1.84. The number of carbonyl (C=O) groups is 1. The molecule has 0 saturated heterocycles. The Labute approximate surface area is 167 Å². The summed E-state index contributed by atoms with van der Waals surface area (Å²) in [5.74, 6) is 0.270. The fourth-order valence-corrected chi connectivity index (χ4v) is 3.03. The number of hydrogen-bond donors (Lipinski definition) is 1. The molecule has 0 bridgehead atoms. The molecule has 2 aromatic carbocycles. The van der Waals surface area contributed by atoms with Gasteiger partial charge in [0.15, 0.2) is 6.10 Å². The number of halogens is 1. The van der Waals surface area contributed by atoms with Gasteiger partial charge >= 0.3 is 0 Å². The van der Waals surface area contributed by atoms with Crippen molar-refractivity contribution in [1.29, 1.82) is 0 Å². The maximum atomic E-state index is 12.4. The molecule has 0 heterocycles. The lowest BCUT2D eigenvalue weighted by Gasteiger charge is -2.19. The van der Waals surface area contributed by atoms with Crippen LogP contribution in [0, 0.1) is 3.57 Å². The van der Waals surface area contributed by atoms with Crippen LogP contribution in [-0.2, 0) is 14.8 Å². The van der Waals surface area contributed by atoms with Gasteiger partial charge in [0.1, 0.15) is 5.75 Å². The molecule has 0 spiro atoms. The molecular weight excluding hydrogens is 467 g/mol. The Morgan fingerprint density at radius 1 is 1.15 bits per heavy atom. The van der Waals surface area contributed by atoms with Crippen molar-refractivity contribution in [1.82, 2.24) is 0 Å². The van der Waals surface area contributed by atoms with Gasteiger partial charge in [-0.2, -0.15) is 0 Å². The predicted octanol–water partition coefficient (Wildman–Crippen LogP) is 3.48. The summed E-state index contributed by atoms with van der Waals surface area (Å²) >= 11 is 2.20. The van der Waals surface area contributed by atoms with E-state index in [9.17, 15) is 13.2 Å². The van der Waals surface area contributed by atoms with Gasteiger partial charge < -0.3 is 10.1 Å². The maximum absolute atomic E-state index is 12.4. The highest BCUT2D eigenvalue weighted by Crippen LogP contribution is 2.22. The Morgan fingerprint density at radius 2 is 1.73 bits per heavy atom. The van der Waals surface area contributed by atoms with E-state index in [2.05, 4.69) is 27.9 Å². The third kappa shape index (κ3) is 5.60. The maximum Gasteiger partial charge on any atom is 0.265 e. The molecule has 2 aromatic rings. The van der Waals surface area contributed by atoms with Crippen molar-refractivity contribution in [2.75, 3.05) is 22.9 Å². The van der Waals surface area contributed by atoms with Gasteiger partial charge in [-0.1, -0.05) is 6.92 Å². The molecule has 1 amide bonds. The Hall–Kier alpha value is -1.81. The molecule has 2 rings (SSSR count). The first kappa shape index (κ1) is 20.5. The standard InChI is InChI=1S/C18H21IN2O4S/c1-4-17(18(22)20-14-7-5-13(19)6-8-14)25-16-11-9-15(10-12-16)21(2)26(3,23)24/h5-12,17H,4H2,1-3H3,(H,20,22). The van der Waals surface area contributed by atoms with E-state index in [0.717, 1.165) is 9.83 Å². The highest BCUT2D eigenvalue weighted by Gasteiger charge is 2.19. The molecule has 0 aliphatic carbocycles. The second-order valence-electron chi connectivity index (χ2n) is 5.74. The van der Waals surface area contributed by atoms with Crippen molar-refractivity contribution < 1.29 is 17.9 Å². The fourth-order valence-electron chi connectivity index (χ4n) is 2.17. The van der Waals surface area contributed by atoms with Crippen molar-refractivity contribution >= 4 is 49.9 Å². The van der Waals surface area contributed by atoms with E-state index in [1.54, 1.807) is 24.3 Å². The summed E-state index contributed by atoms with van der Waals surface area (Å²) < 4.78 is 31.2. The van der Waals surface area contributed by atoms with E-state index in [1.165, 1.54) is 11.4 Å². The number of nitrogens with zero attached hydrogens (tertiary/aromatic N) is 1. The highest BCUT2D eigenvalue weighted by molar-refractivity contribution is 14.1. The lowest BCUT2D eigenvalue weighted by Crippen LogP contribution is -2.32. The number of sulfonamides is 1. The first-order valence-corrected chi connectivity index (χ1v) is 10.9. The van der Waals surface area contributed by atoms with E-state index >= 15 is 0 Å². The van der Waals surface area contributed by atoms with E-state index in [-0.39, 0.29) is 5.91 Å². The zero-order valence-electron chi connectivity index (χ0n) is 14.8. The van der Waals surface area contributed by atoms with Crippen LogP contribution in [0.3, 0.4) is 0 Å². The zero-order chi connectivity index (χ0) is 19.3. The van der Waals surface area contributed by atoms with Crippen LogP contribution in [0.2, 0.25) is 0 Å². The van der Waals surface area contributed by atoms with Crippen LogP contribution >= 0.6 is 22.6 Å². The fraction of sp³-hybridized carbons (Fsp3) is 0.278. The Morgan fingerprint density at radius 3 is 2.23 bits per heavy atom. The third-order valence-corrected chi connectivity index (χ3v) is 5.68. The molecule has 0 fully saturated rings. The van der Waals surface area contributed by atoms with E-state index in [0.29, 0.717) is 23.5 Å². The lowest BCUT2D eigenvalue weighted by atomic mass is 10.2. The van der Waals surface area contributed by atoms with Gasteiger partial charge in [-0.3, -0.25) is 9.10 Å². The van der Waals surface area contributed by atoms with Gasteiger partial charge in [0.25, 0.3) is 5.91 Å². The van der Waals surface area contributed by atoms with Crippen LogP contribution < -0.4 is 14.4 Å². The number of rotatable bonds is 7. The van der Waals surface area contributed by atoms with Crippen molar-refractivity contribution in [3.63, 3.8) is 0 Å². The minimum absolute atomic E-state index is 0.231. The monoisotopic (exact) mass is 488 g/mol. The number of carbonyl (C=O) groups excluding carboxylic acids is 1. The zero-order valence-corrected chi connectivity index (χ0v) is 17.7. The molecule has 0 aliphatic rings. The predicted molar refractivity (Wildman–Crippen MR) is 112 cm³/mol. The average Bonchev–Trinajstić information content (AvgIpc) is 2.60. The second kappa shape index (κ2) is 8.72. The molecule has 0 saturated carbocycles. The molecule has 0 radical (unpaired) electrons. The Balaban J connectivity index is 2.04. The third-order valence-electron chi connectivity index (χ3n) is 3.75. The Kier molecular flexibility index (Phi) is 6.87. The van der Waals surface area contributed by atoms with Crippen LogP contribution in [0.5, 0.6) is 5.75 Å². The van der Waals surface area contributed by atoms with Crippen LogP contribution in [-0.4, -0.2) is 33.7 Å². The molecule has 8 heteroatoms. The van der Waals surface area contributed by atoms with Gasteiger partial charge in [0, 0.05) is 16.3 Å². The largest absolute Gasteiger partial charge is 0.481 e. The second-order valence-corrected chi connectivity index (χ2v) is 8.99. The topological polar surface area (TPSA) is 75.7 Å². The van der Waals surface area contributed by atoms with Gasteiger partial charge in [-0.15, -0.1) is 0 Å². The summed E-state index contributed by atoms with van der Waals surface area (Å²) in [4.78, 5) is 12.4. The summed E-state index contributed by atoms with van der Waals surface area (Å²) in [5, 5.41) is 2.84. The van der Waals surface area contributed by atoms with Crippen LogP contribution in [0.4, 0.5) is 11.4 Å². The van der Waals surface area contributed by atoms with E-state index in [1.807, 2.05) is 31.2 Å². The number of amides is 1. The number of ether oxygens (including phenoxy) is 1. The van der Waals surface area contributed by atoms with Gasteiger partial charge in [0.2, 0.25) is 10.0 Å². The smallest absolute Gasteiger partial charge is 0.265 e. The number of benzene rings is 2. The molecular formula is C18H21IN2O4S. The summed E-state index contributed by atoms with van der Waals surface area (Å²) in [6.07, 6.45) is 0.994. The molecule has 1 atom stereocenters. The van der Waals surface area contributed by atoms with Crippen molar-refractivity contribution in [2.24, 2.45) is 0 Å². The van der Waals surface area contributed by atoms with E-state index < -0.39 is 16.1 Å². The van der Waals surface area contributed by atoms with Gasteiger partial charge in [-0.05, 0) is 77.5 Å². The molecule has 0 aromatic heterocycles. The summed E-state index contributed by atoms with van der Waals surface area (Å²) in [6.45, 7) is 1.87. The SMILES string of the molecule is CCC(Oc1ccc(N(C)S(C)(=O)=O)cc1)C(=O)Nc1ccc(I)cc1. The molecule has 6 nitrogen and oxygen atoms in total. The van der Waals surface area contributed by atoms with Crippen molar-refractivity contribution in [2.45, 2.75) is 19.4 Å². The van der Waals surface area contributed by atoms with Crippen molar-refractivity contribution in [3.8, 4) is 5.75 Å². The first-order chi connectivity index (χ1) is 12.2. The number of nitrogens with one attached hydrogen (secondary N) is 1. The minimum atomic E-state index is -3.32. The van der Waals surface area contributed by atoms with Crippen LogP contribution in [0.25, 0.3) is 0 Å². The van der Waals surface area contributed by atoms with Crippen LogP contribution in [0.15, 0.2) is 48.5 Å². The summed E-state index contributed by atoms with van der Waals surface area (Å²) in [5.41, 5.74) is 1.24. The molecule has 26 heavy (non-hydrogen) atoms. The number of anilines is 2. The number of hydrogen-bond acceptors (Lipinski definition) is 4. The van der Waals surface area contributed by atoms with Gasteiger partial charge in [-0.25, -0.2) is 8.42 Å². The average molecular weight is 488 g/mol. The Bertz CT molecular complexity index is 852. The minimum Gasteiger partial charge on any atom is -0.481 e. The molecule has 1 N–H and O–H groups in total. The van der Waals surface area contributed by atoms with Crippen LogP contribution in [0.1, 0.15) is 13.3 Å². The molecule has 0 aliphatic heterocycles. The molecule has 1 unspecified atom stereocenters. The van der Waals surface area contributed by atoms with Crippen molar-refractivity contribution in [3.05, 3.63) is 52.1 Å². The van der Waals surface area contributed by atoms with E-state index in [4.69, 9.17) is 4.74 Å². The lowest BCUT2D eigenvalue weighted by molar-refractivity contribution is -0.122. The first-order valence-electron chi connectivity index (χ1n) is 7.97. The highest BCUT2D eigenvalue weighted by atomic mass is 127. The quantitative estimate of drug-likeness (QED) is 0.606. The summed E-state index contributed by atoms with van der Waals surface area (Å²) in [6, 6.07) is 14.1. The van der Waals surface area contributed by atoms with Gasteiger partial charge in [0.05, 0.1) is 11.9 Å². The normalized spacial score (nSPS) is 12.3.